The molecule has 1 fully saturated rings. The van der Waals surface area contributed by atoms with Gasteiger partial charge in [-0.2, -0.15) is 5.10 Å². The van der Waals surface area contributed by atoms with Gasteiger partial charge in [0.05, 0.1) is 18.8 Å². The quantitative estimate of drug-likeness (QED) is 0.221. The first-order valence-corrected chi connectivity index (χ1v) is 10.2. The van der Waals surface area contributed by atoms with Crippen LogP contribution in [0.4, 0.5) is 0 Å². The number of nitrogens with zero attached hydrogens (tertiary/aromatic N) is 4. The summed E-state index contributed by atoms with van der Waals surface area (Å²) >= 11 is 0. The molecule has 0 aliphatic heterocycles. The van der Waals surface area contributed by atoms with Crippen molar-refractivity contribution in [3.05, 3.63) is 41.3 Å². The number of aromatic nitrogens is 3. The van der Waals surface area contributed by atoms with E-state index in [1.165, 1.54) is 18.5 Å². The van der Waals surface area contributed by atoms with Crippen LogP contribution in [0.5, 0.6) is 5.88 Å². The zero-order valence-corrected chi connectivity index (χ0v) is 20.0. The molecule has 1 aliphatic rings. The topological polar surface area (TPSA) is 76.4 Å². The summed E-state index contributed by atoms with van der Waals surface area (Å²) < 4.78 is 7.82. The van der Waals surface area contributed by atoms with E-state index in [4.69, 9.17) is 4.74 Å². The lowest BCUT2D eigenvalue weighted by Crippen LogP contribution is -2.38. The molecule has 0 atom stereocenters. The zero-order valence-electron chi connectivity index (χ0n) is 17.6. The molecule has 1 saturated carbocycles. The van der Waals surface area contributed by atoms with Crippen LogP contribution in [0.25, 0.3) is 0 Å². The minimum Gasteiger partial charge on any atom is -0.477 e. The van der Waals surface area contributed by atoms with E-state index >= 15 is 0 Å². The van der Waals surface area contributed by atoms with Gasteiger partial charge in [0, 0.05) is 37.6 Å². The second-order valence-electron chi connectivity index (χ2n) is 7.38. The fraction of sp³-hybridized carbons (Fsp3) is 0.571. The summed E-state index contributed by atoms with van der Waals surface area (Å²) in [6, 6.07) is 6.08. The van der Waals surface area contributed by atoms with Crippen LogP contribution in [0.3, 0.4) is 0 Å². The maximum Gasteiger partial charge on any atom is 0.213 e. The number of pyridine rings is 1. The molecule has 0 bridgehead atoms. The molecule has 0 spiro atoms. The van der Waals surface area contributed by atoms with E-state index in [9.17, 15) is 0 Å². The second-order valence-corrected chi connectivity index (χ2v) is 7.38. The van der Waals surface area contributed by atoms with Gasteiger partial charge in [-0.25, -0.2) is 9.98 Å². The molecule has 29 heavy (non-hydrogen) atoms. The van der Waals surface area contributed by atoms with Gasteiger partial charge in [-0.15, -0.1) is 24.0 Å². The smallest absolute Gasteiger partial charge is 0.213 e. The van der Waals surface area contributed by atoms with Crippen molar-refractivity contribution < 1.29 is 4.74 Å². The number of hydrogen-bond donors (Lipinski definition) is 2. The molecule has 2 aromatic heterocycles. The van der Waals surface area contributed by atoms with Gasteiger partial charge in [0.1, 0.15) is 0 Å². The average Bonchev–Trinajstić information content (AvgIpc) is 3.46. The summed E-state index contributed by atoms with van der Waals surface area (Å²) in [5.74, 6) is 2.25. The molecule has 2 heterocycles. The molecule has 7 nitrogen and oxygen atoms in total. The van der Waals surface area contributed by atoms with Crippen LogP contribution >= 0.6 is 24.0 Å². The third-order valence-electron chi connectivity index (χ3n) is 4.67. The van der Waals surface area contributed by atoms with E-state index in [1.54, 1.807) is 6.20 Å². The molecule has 0 amide bonds. The van der Waals surface area contributed by atoms with Crippen LogP contribution < -0.4 is 15.4 Å². The maximum absolute atomic E-state index is 5.76. The zero-order chi connectivity index (χ0) is 19.8. The van der Waals surface area contributed by atoms with Gasteiger partial charge in [0.25, 0.3) is 0 Å². The highest BCUT2D eigenvalue weighted by Crippen LogP contribution is 2.29. The number of nitrogens with one attached hydrogen (secondary N) is 2. The summed E-state index contributed by atoms with van der Waals surface area (Å²) in [7, 11) is 0. The molecule has 0 unspecified atom stereocenters. The average molecular weight is 512 g/mol. The summed E-state index contributed by atoms with van der Waals surface area (Å²) in [5.41, 5.74) is 3.37. The van der Waals surface area contributed by atoms with Crippen LogP contribution in [0.15, 0.2) is 29.4 Å². The Morgan fingerprint density at radius 1 is 1.28 bits per heavy atom. The lowest BCUT2D eigenvalue weighted by molar-refractivity contribution is 0.288. The van der Waals surface area contributed by atoms with E-state index in [2.05, 4.69) is 50.3 Å². The van der Waals surface area contributed by atoms with Crippen molar-refractivity contribution >= 4 is 29.9 Å². The number of rotatable bonds is 10. The predicted molar refractivity (Wildman–Crippen MR) is 127 cm³/mol. The van der Waals surface area contributed by atoms with Gasteiger partial charge in [-0.1, -0.05) is 0 Å². The van der Waals surface area contributed by atoms with Gasteiger partial charge >= 0.3 is 0 Å². The highest BCUT2D eigenvalue weighted by molar-refractivity contribution is 14.0. The second kappa shape index (κ2) is 12.0. The Morgan fingerprint density at radius 3 is 2.79 bits per heavy atom. The molecular formula is C21H33IN6O. The van der Waals surface area contributed by atoms with E-state index in [-0.39, 0.29) is 24.0 Å². The van der Waals surface area contributed by atoms with Crippen molar-refractivity contribution in [1.82, 2.24) is 25.4 Å². The summed E-state index contributed by atoms with van der Waals surface area (Å²) in [5, 5.41) is 11.2. The molecular weight excluding hydrogens is 479 g/mol. The highest BCUT2D eigenvalue weighted by Gasteiger charge is 2.22. The Kier molecular flexibility index (Phi) is 9.69. The first kappa shape index (κ1) is 23.4. The van der Waals surface area contributed by atoms with Crippen molar-refractivity contribution in [1.29, 1.82) is 0 Å². The van der Waals surface area contributed by atoms with Crippen LogP contribution in [0.1, 0.15) is 43.1 Å². The number of halogens is 1. The van der Waals surface area contributed by atoms with Gasteiger partial charge in [0.2, 0.25) is 5.88 Å². The summed E-state index contributed by atoms with van der Waals surface area (Å²) in [6.07, 6.45) is 5.34. The SMILES string of the molecule is CCNC(=NCc1ccnc(OCC2CC2)c1)NCCCn1nc(C)cc1C.I. The van der Waals surface area contributed by atoms with Crippen molar-refractivity contribution in [2.75, 3.05) is 19.7 Å². The maximum atomic E-state index is 5.76. The number of ether oxygens (including phenoxy) is 1. The van der Waals surface area contributed by atoms with Crippen LogP contribution in [0.2, 0.25) is 0 Å². The monoisotopic (exact) mass is 512 g/mol. The third kappa shape index (κ3) is 8.20. The van der Waals surface area contributed by atoms with E-state index in [0.29, 0.717) is 12.4 Å². The fourth-order valence-electron chi connectivity index (χ4n) is 2.96. The minimum atomic E-state index is 0. The first-order valence-electron chi connectivity index (χ1n) is 10.2. The van der Waals surface area contributed by atoms with Crippen molar-refractivity contribution in [3.8, 4) is 5.88 Å². The highest BCUT2D eigenvalue weighted by atomic mass is 127. The lowest BCUT2D eigenvalue weighted by atomic mass is 10.3. The van der Waals surface area contributed by atoms with Gasteiger partial charge in [-0.3, -0.25) is 4.68 Å². The lowest BCUT2D eigenvalue weighted by Gasteiger charge is -2.12. The normalized spacial score (nSPS) is 13.7. The minimum absolute atomic E-state index is 0. The van der Waals surface area contributed by atoms with Crippen molar-refractivity contribution in [2.45, 2.75) is 53.1 Å². The van der Waals surface area contributed by atoms with Crippen molar-refractivity contribution in [2.24, 2.45) is 10.9 Å². The van der Waals surface area contributed by atoms with E-state index < -0.39 is 0 Å². The van der Waals surface area contributed by atoms with Gasteiger partial charge < -0.3 is 15.4 Å². The Bertz CT molecular complexity index is 787. The van der Waals surface area contributed by atoms with Crippen LogP contribution in [-0.2, 0) is 13.1 Å². The summed E-state index contributed by atoms with van der Waals surface area (Å²) in [4.78, 5) is 8.98. The Hall–Kier alpha value is -1.84. The van der Waals surface area contributed by atoms with E-state index in [1.807, 2.05) is 19.1 Å². The third-order valence-corrected chi connectivity index (χ3v) is 4.67. The molecule has 0 aromatic carbocycles. The van der Waals surface area contributed by atoms with Crippen molar-refractivity contribution in [3.63, 3.8) is 0 Å². The Morgan fingerprint density at radius 2 is 2.10 bits per heavy atom. The summed E-state index contributed by atoms with van der Waals surface area (Å²) in [6.45, 7) is 10.1. The van der Waals surface area contributed by atoms with E-state index in [0.717, 1.165) is 55.8 Å². The molecule has 1 aliphatic carbocycles. The number of guanidine groups is 1. The Labute approximate surface area is 190 Å². The fourth-order valence-corrected chi connectivity index (χ4v) is 2.96. The molecule has 3 rings (SSSR count). The van der Waals surface area contributed by atoms with Gasteiger partial charge in [0.15, 0.2) is 5.96 Å². The molecule has 0 radical (unpaired) electrons. The largest absolute Gasteiger partial charge is 0.477 e. The predicted octanol–water partition coefficient (Wildman–Crippen LogP) is 3.45. The number of hydrogen-bond acceptors (Lipinski definition) is 4. The molecule has 2 aromatic rings. The van der Waals surface area contributed by atoms with Gasteiger partial charge in [-0.05, 0) is 63.6 Å². The molecule has 0 saturated heterocycles. The van der Waals surface area contributed by atoms with Crippen LogP contribution in [0, 0.1) is 19.8 Å². The molecule has 160 valence electrons. The van der Waals surface area contributed by atoms with Crippen LogP contribution in [-0.4, -0.2) is 40.4 Å². The number of aryl methyl sites for hydroxylation is 3. The standard InChI is InChI=1S/C21H32N6O.HI/c1-4-22-21(24-9-5-11-27-17(3)12-16(2)26-27)25-14-19-8-10-23-20(13-19)28-15-18-6-7-18;/h8,10,12-13,18H,4-7,9,11,14-15H2,1-3H3,(H2,22,24,25);1H. The first-order chi connectivity index (χ1) is 13.6. The number of aliphatic imine (C=N–C) groups is 1. The molecule has 8 heteroatoms. The Balaban J connectivity index is 0.00000300. The molecule has 2 N–H and O–H groups in total.